The van der Waals surface area contributed by atoms with E-state index < -0.39 is 5.97 Å². The molecule has 104 valence electrons. The number of carbonyl (C=O) groups is 1. The molecule has 1 aromatic carbocycles. The van der Waals surface area contributed by atoms with Crippen molar-refractivity contribution in [2.24, 2.45) is 0 Å². The third-order valence-electron chi connectivity index (χ3n) is 2.43. The fraction of sp³-hybridized carbons (Fsp3) is 0.143. The van der Waals surface area contributed by atoms with Crippen molar-refractivity contribution in [1.82, 2.24) is 4.98 Å². The van der Waals surface area contributed by atoms with Crippen molar-refractivity contribution in [1.29, 1.82) is 0 Å². The van der Waals surface area contributed by atoms with Crippen LogP contribution in [0.4, 0.5) is 0 Å². The minimum atomic E-state index is -1.04. The second-order valence-electron chi connectivity index (χ2n) is 3.78. The standard InChI is InChI=1S/C14H12BrNO3S/c1-2-19-10-6-4-3-5-9(10)7-8-11-16-12(14(17)18)13(15)20-11/h3-8H,2H2,1H3,(H,17,18). The molecule has 2 aromatic rings. The number of aromatic nitrogens is 1. The summed E-state index contributed by atoms with van der Waals surface area (Å²) < 4.78 is 6.04. The van der Waals surface area contributed by atoms with Gasteiger partial charge < -0.3 is 9.84 Å². The van der Waals surface area contributed by atoms with Crippen LogP contribution in [0.2, 0.25) is 0 Å². The number of thiazole rings is 1. The van der Waals surface area contributed by atoms with Gasteiger partial charge in [-0.25, -0.2) is 9.78 Å². The first-order valence-corrected chi connectivity index (χ1v) is 7.52. The molecule has 0 fully saturated rings. The van der Waals surface area contributed by atoms with Crippen LogP contribution >= 0.6 is 27.3 Å². The highest BCUT2D eigenvalue weighted by Crippen LogP contribution is 2.27. The van der Waals surface area contributed by atoms with Crippen LogP contribution in [0.15, 0.2) is 28.1 Å². The molecular weight excluding hydrogens is 342 g/mol. The van der Waals surface area contributed by atoms with Gasteiger partial charge in [0.05, 0.1) is 6.61 Å². The minimum absolute atomic E-state index is 0.0349. The molecule has 0 saturated carbocycles. The lowest BCUT2D eigenvalue weighted by Crippen LogP contribution is -1.96. The summed E-state index contributed by atoms with van der Waals surface area (Å²) in [5.41, 5.74) is 0.963. The number of benzene rings is 1. The second kappa shape index (κ2) is 6.67. The lowest BCUT2D eigenvalue weighted by molar-refractivity contribution is 0.0690. The molecule has 0 saturated heterocycles. The van der Waals surface area contributed by atoms with E-state index >= 15 is 0 Å². The molecule has 4 nitrogen and oxygen atoms in total. The van der Waals surface area contributed by atoms with Crippen LogP contribution in [-0.4, -0.2) is 22.7 Å². The maximum Gasteiger partial charge on any atom is 0.356 e. The normalized spacial score (nSPS) is 10.9. The van der Waals surface area contributed by atoms with Gasteiger partial charge in [0, 0.05) is 5.56 Å². The van der Waals surface area contributed by atoms with Gasteiger partial charge >= 0.3 is 5.97 Å². The van der Waals surface area contributed by atoms with Crippen LogP contribution in [-0.2, 0) is 0 Å². The summed E-state index contributed by atoms with van der Waals surface area (Å²) in [4.78, 5) is 15.0. The highest BCUT2D eigenvalue weighted by molar-refractivity contribution is 9.11. The van der Waals surface area contributed by atoms with E-state index in [1.165, 1.54) is 11.3 Å². The summed E-state index contributed by atoms with van der Waals surface area (Å²) in [7, 11) is 0. The number of para-hydroxylation sites is 1. The molecule has 6 heteroatoms. The average molecular weight is 354 g/mol. The summed E-state index contributed by atoms with van der Waals surface area (Å²) in [6.45, 7) is 2.52. The number of hydrogen-bond donors (Lipinski definition) is 1. The quantitative estimate of drug-likeness (QED) is 0.875. The van der Waals surface area contributed by atoms with Crippen LogP contribution in [0.3, 0.4) is 0 Å². The molecule has 0 unspecified atom stereocenters. The molecule has 0 radical (unpaired) electrons. The van der Waals surface area contributed by atoms with E-state index in [1.807, 2.05) is 37.3 Å². The van der Waals surface area contributed by atoms with Gasteiger partial charge in [-0.1, -0.05) is 18.2 Å². The Balaban J connectivity index is 2.25. The summed E-state index contributed by atoms with van der Waals surface area (Å²) in [5.74, 6) is -0.247. The Morgan fingerprint density at radius 1 is 1.45 bits per heavy atom. The molecule has 0 aliphatic carbocycles. The van der Waals surface area contributed by atoms with Crippen molar-refractivity contribution in [3.63, 3.8) is 0 Å². The average Bonchev–Trinajstić information content (AvgIpc) is 2.79. The first-order valence-electron chi connectivity index (χ1n) is 5.91. The third-order valence-corrected chi connectivity index (χ3v) is 4.10. The molecule has 0 aliphatic rings. The number of nitrogens with zero attached hydrogens (tertiary/aromatic N) is 1. The topological polar surface area (TPSA) is 59.4 Å². The van der Waals surface area contributed by atoms with Gasteiger partial charge in [-0.05, 0) is 41.1 Å². The van der Waals surface area contributed by atoms with Crippen molar-refractivity contribution < 1.29 is 14.6 Å². The van der Waals surface area contributed by atoms with Crippen LogP contribution in [0.25, 0.3) is 12.2 Å². The van der Waals surface area contributed by atoms with E-state index in [0.29, 0.717) is 15.4 Å². The zero-order valence-corrected chi connectivity index (χ0v) is 13.1. The molecule has 0 atom stereocenters. The summed E-state index contributed by atoms with van der Waals surface area (Å²) in [6, 6.07) is 7.65. The molecule has 1 aromatic heterocycles. The van der Waals surface area contributed by atoms with Crippen molar-refractivity contribution in [2.45, 2.75) is 6.92 Å². The molecule has 2 rings (SSSR count). The fourth-order valence-electron chi connectivity index (χ4n) is 1.59. The van der Waals surface area contributed by atoms with Crippen LogP contribution in [0.5, 0.6) is 5.75 Å². The van der Waals surface area contributed by atoms with Gasteiger partial charge in [0.2, 0.25) is 0 Å². The molecular formula is C14H12BrNO3S. The van der Waals surface area contributed by atoms with E-state index in [9.17, 15) is 4.79 Å². The van der Waals surface area contributed by atoms with Crippen molar-refractivity contribution >= 4 is 45.4 Å². The second-order valence-corrected chi connectivity index (χ2v) is 6.13. The maximum absolute atomic E-state index is 10.9. The Bertz CT molecular complexity index is 652. The zero-order valence-electron chi connectivity index (χ0n) is 10.7. The predicted molar refractivity (Wildman–Crippen MR) is 83.3 cm³/mol. The van der Waals surface area contributed by atoms with Gasteiger partial charge in [0.15, 0.2) is 5.69 Å². The van der Waals surface area contributed by atoms with Gasteiger partial charge in [0.25, 0.3) is 0 Å². The van der Waals surface area contributed by atoms with Crippen molar-refractivity contribution in [3.8, 4) is 5.75 Å². The number of ether oxygens (including phenoxy) is 1. The summed E-state index contributed by atoms with van der Waals surface area (Å²) >= 11 is 4.48. The molecule has 0 bridgehead atoms. The Labute approximate surface area is 128 Å². The number of hydrogen-bond acceptors (Lipinski definition) is 4. The zero-order chi connectivity index (χ0) is 14.5. The molecule has 1 N–H and O–H groups in total. The van der Waals surface area contributed by atoms with Crippen LogP contribution < -0.4 is 4.74 Å². The highest BCUT2D eigenvalue weighted by atomic mass is 79.9. The van der Waals surface area contributed by atoms with Crippen molar-refractivity contribution in [3.05, 3.63) is 44.3 Å². The number of aromatic carboxylic acids is 1. The van der Waals surface area contributed by atoms with E-state index in [4.69, 9.17) is 9.84 Å². The summed E-state index contributed by atoms with van der Waals surface area (Å²) in [6.07, 6.45) is 3.64. The molecule has 0 amide bonds. The first-order chi connectivity index (χ1) is 9.61. The monoisotopic (exact) mass is 353 g/mol. The fourth-order valence-corrected chi connectivity index (χ4v) is 3.03. The molecule has 20 heavy (non-hydrogen) atoms. The van der Waals surface area contributed by atoms with Crippen molar-refractivity contribution in [2.75, 3.05) is 6.61 Å². The Kier molecular flexibility index (Phi) is 4.92. The minimum Gasteiger partial charge on any atom is -0.493 e. The summed E-state index contributed by atoms with van der Waals surface area (Å²) in [5, 5.41) is 9.57. The highest BCUT2D eigenvalue weighted by Gasteiger charge is 2.13. The Morgan fingerprint density at radius 3 is 2.85 bits per heavy atom. The van der Waals surface area contributed by atoms with E-state index in [-0.39, 0.29) is 5.69 Å². The van der Waals surface area contributed by atoms with Gasteiger partial charge in [-0.3, -0.25) is 0 Å². The van der Waals surface area contributed by atoms with Gasteiger partial charge in [0.1, 0.15) is 14.5 Å². The third kappa shape index (κ3) is 3.46. The largest absolute Gasteiger partial charge is 0.493 e. The molecule has 0 spiro atoms. The Morgan fingerprint density at radius 2 is 2.20 bits per heavy atom. The smallest absolute Gasteiger partial charge is 0.356 e. The van der Waals surface area contributed by atoms with E-state index in [2.05, 4.69) is 20.9 Å². The van der Waals surface area contributed by atoms with Crippen LogP contribution in [0.1, 0.15) is 28.0 Å². The molecule has 1 heterocycles. The predicted octanol–water partition coefficient (Wildman–Crippen LogP) is 4.17. The number of carboxylic acids is 1. The number of rotatable bonds is 5. The number of halogens is 1. The lowest BCUT2D eigenvalue weighted by Gasteiger charge is -2.05. The van der Waals surface area contributed by atoms with Gasteiger partial charge in [-0.15, -0.1) is 11.3 Å². The SMILES string of the molecule is CCOc1ccccc1C=Cc1nc(C(=O)O)c(Br)s1. The first kappa shape index (κ1) is 14.7. The van der Waals surface area contributed by atoms with Crippen LogP contribution in [0, 0.1) is 0 Å². The number of carboxylic acid groups (broad SMARTS) is 1. The van der Waals surface area contributed by atoms with Gasteiger partial charge in [-0.2, -0.15) is 0 Å². The van der Waals surface area contributed by atoms with E-state index in [1.54, 1.807) is 6.08 Å². The maximum atomic E-state index is 10.9. The van der Waals surface area contributed by atoms with E-state index in [0.717, 1.165) is 11.3 Å². The lowest BCUT2D eigenvalue weighted by atomic mass is 10.2. The Hall–Kier alpha value is -1.66. The molecule has 0 aliphatic heterocycles.